The Kier molecular flexibility index (Phi) is 6.31. The van der Waals surface area contributed by atoms with Crippen molar-refractivity contribution in [2.75, 3.05) is 9.80 Å². The molecule has 1 atom stereocenters. The molecule has 0 N–H and O–H groups in total. The largest absolute Gasteiger partial charge is 0.334 e. The van der Waals surface area contributed by atoms with E-state index in [4.69, 9.17) is 0 Å². The predicted octanol–water partition coefficient (Wildman–Crippen LogP) is 8.88. The Morgan fingerprint density at radius 2 is 1.03 bits per heavy atom. The van der Waals surface area contributed by atoms with Crippen LogP contribution in [-0.4, -0.2) is 6.04 Å². The molecule has 34 heavy (non-hydrogen) atoms. The first-order valence-electron chi connectivity index (χ1n) is 11.9. The van der Waals surface area contributed by atoms with Gasteiger partial charge in [-0.1, -0.05) is 77.9 Å². The second-order valence-corrected chi connectivity index (χ2v) is 8.84. The summed E-state index contributed by atoms with van der Waals surface area (Å²) in [5, 5.41) is 0. The number of benzene rings is 4. The van der Waals surface area contributed by atoms with Crippen molar-refractivity contribution in [1.82, 2.24) is 0 Å². The topological polar surface area (TPSA) is 6.48 Å². The van der Waals surface area contributed by atoms with Crippen LogP contribution in [0.15, 0.2) is 133 Å². The van der Waals surface area contributed by atoms with Gasteiger partial charge in [-0.3, -0.25) is 0 Å². The van der Waals surface area contributed by atoms with Crippen LogP contribution in [0.5, 0.6) is 0 Å². The summed E-state index contributed by atoms with van der Waals surface area (Å²) in [4.78, 5) is 4.74. The number of nitrogens with zero attached hydrogens (tertiary/aromatic N) is 2. The summed E-state index contributed by atoms with van der Waals surface area (Å²) in [5.74, 6) is 0. The van der Waals surface area contributed by atoms with Gasteiger partial charge in [0.05, 0.1) is 6.04 Å². The van der Waals surface area contributed by atoms with Crippen LogP contribution >= 0.6 is 0 Å². The molecule has 1 aliphatic carbocycles. The maximum atomic E-state index is 2.44. The zero-order valence-electron chi connectivity index (χ0n) is 19.8. The molecule has 0 heterocycles. The Labute approximate surface area is 203 Å². The lowest BCUT2D eigenvalue weighted by atomic mass is 10.0. The zero-order chi connectivity index (χ0) is 23.3. The molecule has 2 nitrogen and oxygen atoms in total. The summed E-state index contributed by atoms with van der Waals surface area (Å²) < 4.78 is 0. The lowest BCUT2D eigenvalue weighted by molar-refractivity contribution is 0.779. The smallest absolute Gasteiger partial charge is 0.0560 e. The Hall–Kier alpha value is -4.04. The molecule has 168 valence electrons. The van der Waals surface area contributed by atoms with Crippen molar-refractivity contribution in [3.05, 3.63) is 139 Å². The molecule has 2 heteroatoms. The van der Waals surface area contributed by atoms with Crippen molar-refractivity contribution in [2.45, 2.75) is 26.3 Å². The molecular formula is C32H30N2. The fraction of sp³-hybridized carbons (Fsp3) is 0.125. The minimum atomic E-state index is 0.289. The van der Waals surface area contributed by atoms with E-state index in [0.717, 1.165) is 23.5 Å². The van der Waals surface area contributed by atoms with Gasteiger partial charge < -0.3 is 9.80 Å². The monoisotopic (exact) mass is 442 g/mol. The van der Waals surface area contributed by atoms with Crippen LogP contribution in [0.4, 0.5) is 28.4 Å². The molecule has 0 bridgehead atoms. The molecule has 0 saturated carbocycles. The second kappa shape index (κ2) is 9.84. The van der Waals surface area contributed by atoms with Crippen LogP contribution in [0.3, 0.4) is 0 Å². The molecule has 4 aromatic carbocycles. The number of anilines is 5. The van der Waals surface area contributed by atoms with E-state index >= 15 is 0 Å². The van der Waals surface area contributed by atoms with E-state index in [1.807, 2.05) is 0 Å². The third kappa shape index (κ3) is 4.67. The summed E-state index contributed by atoms with van der Waals surface area (Å²) in [6, 6.07) is 39.1. The molecule has 0 spiro atoms. The van der Waals surface area contributed by atoms with Gasteiger partial charge in [0.25, 0.3) is 0 Å². The molecule has 1 aliphatic rings. The molecule has 0 aliphatic heterocycles. The second-order valence-electron chi connectivity index (χ2n) is 8.84. The van der Waals surface area contributed by atoms with E-state index in [2.05, 4.69) is 151 Å². The molecular weight excluding hydrogens is 412 g/mol. The average molecular weight is 443 g/mol. The molecule has 4 aromatic rings. The van der Waals surface area contributed by atoms with Crippen molar-refractivity contribution < 1.29 is 0 Å². The molecule has 0 amide bonds. The van der Waals surface area contributed by atoms with Crippen molar-refractivity contribution in [3.8, 4) is 0 Å². The first kappa shape index (κ1) is 21.8. The first-order valence-corrected chi connectivity index (χ1v) is 11.9. The van der Waals surface area contributed by atoms with Crippen LogP contribution < -0.4 is 9.80 Å². The number of hydrogen-bond acceptors (Lipinski definition) is 2. The SMILES string of the molecule is CC1=CCC(N(c2ccc(C)cc2)c2ccc(N(c3ccccc3)c3ccccc3)cc2)C=C1. The van der Waals surface area contributed by atoms with Crippen molar-refractivity contribution in [3.63, 3.8) is 0 Å². The minimum absolute atomic E-state index is 0.289. The van der Waals surface area contributed by atoms with Crippen molar-refractivity contribution in [2.24, 2.45) is 0 Å². The van der Waals surface area contributed by atoms with Crippen LogP contribution in [0.1, 0.15) is 18.9 Å². The number of allylic oxidation sites excluding steroid dienone is 2. The molecule has 0 aromatic heterocycles. The predicted molar refractivity (Wildman–Crippen MR) is 146 cm³/mol. The van der Waals surface area contributed by atoms with Gasteiger partial charge >= 0.3 is 0 Å². The summed E-state index contributed by atoms with van der Waals surface area (Å²) in [6.45, 7) is 4.30. The van der Waals surface area contributed by atoms with Gasteiger partial charge in [-0.05, 0) is 80.9 Å². The minimum Gasteiger partial charge on any atom is -0.334 e. The van der Waals surface area contributed by atoms with Gasteiger partial charge in [-0.25, -0.2) is 0 Å². The summed E-state index contributed by atoms with van der Waals surface area (Å²) in [5.41, 5.74) is 8.44. The fourth-order valence-electron chi connectivity index (χ4n) is 4.51. The van der Waals surface area contributed by atoms with E-state index in [9.17, 15) is 0 Å². The van der Waals surface area contributed by atoms with E-state index in [0.29, 0.717) is 0 Å². The molecule has 0 saturated heterocycles. The Bertz CT molecular complexity index is 1230. The first-order chi connectivity index (χ1) is 16.7. The van der Waals surface area contributed by atoms with Crippen LogP contribution in [-0.2, 0) is 0 Å². The highest BCUT2D eigenvalue weighted by Crippen LogP contribution is 2.37. The normalized spacial score (nSPS) is 15.0. The maximum absolute atomic E-state index is 2.44. The van der Waals surface area contributed by atoms with E-state index < -0.39 is 0 Å². The summed E-state index contributed by atoms with van der Waals surface area (Å²) >= 11 is 0. The van der Waals surface area contributed by atoms with Gasteiger partial charge in [0.15, 0.2) is 0 Å². The van der Waals surface area contributed by atoms with Crippen LogP contribution in [0, 0.1) is 6.92 Å². The summed E-state index contributed by atoms with van der Waals surface area (Å²) in [7, 11) is 0. The number of aryl methyl sites for hydroxylation is 1. The third-order valence-corrected chi connectivity index (χ3v) is 6.32. The third-order valence-electron chi connectivity index (χ3n) is 6.32. The highest BCUT2D eigenvalue weighted by molar-refractivity contribution is 5.78. The quantitative estimate of drug-likeness (QED) is 0.294. The molecule has 1 unspecified atom stereocenters. The van der Waals surface area contributed by atoms with E-state index in [-0.39, 0.29) is 6.04 Å². The van der Waals surface area contributed by atoms with Crippen molar-refractivity contribution in [1.29, 1.82) is 0 Å². The lowest BCUT2D eigenvalue weighted by Gasteiger charge is -2.33. The number of para-hydroxylation sites is 2. The van der Waals surface area contributed by atoms with Crippen LogP contribution in [0.25, 0.3) is 0 Å². The van der Waals surface area contributed by atoms with Gasteiger partial charge in [0, 0.05) is 28.4 Å². The zero-order valence-corrected chi connectivity index (χ0v) is 19.8. The van der Waals surface area contributed by atoms with E-state index in [1.54, 1.807) is 0 Å². The van der Waals surface area contributed by atoms with Crippen LogP contribution in [0.2, 0.25) is 0 Å². The maximum Gasteiger partial charge on any atom is 0.0560 e. The number of rotatable bonds is 6. The summed E-state index contributed by atoms with van der Waals surface area (Å²) in [6.07, 6.45) is 7.88. The molecule has 0 fully saturated rings. The van der Waals surface area contributed by atoms with Gasteiger partial charge in [-0.15, -0.1) is 0 Å². The standard InChI is InChI=1S/C32H30N2/c1-25-13-17-29(18-14-25)34(30-19-15-26(2)16-20-30)32-23-21-31(22-24-32)33(27-9-5-3-6-10-27)28-11-7-4-8-12-28/h3-19,21-24,30H,20H2,1-2H3. The van der Waals surface area contributed by atoms with Gasteiger partial charge in [0.1, 0.15) is 0 Å². The Balaban J connectivity index is 1.53. The molecule has 0 radical (unpaired) electrons. The molecule has 5 rings (SSSR count). The Morgan fingerprint density at radius 1 is 0.559 bits per heavy atom. The highest BCUT2D eigenvalue weighted by Gasteiger charge is 2.20. The Morgan fingerprint density at radius 3 is 1.53 bits per heavy atom. The van der Waals surface area contributed by atoms with Crippen molar-refractivity contribution >= 4 is 28.4 Å². The fourth-order valence-corrected chi connectivity index (χ4v) is 4.51. The van der Waals surface area contributed by atoms with Gasteiger partial charge in [-0.2, -0.15) is 0 Å². The number of hydrogen-bond donors (Lipinski definition) is 0. The average Bonchev–Trinajstić information content (AvgIpc) is 2.89. The highest BCUT2D eigenvalue weighted by atomic mass is 15.2. The lowest BCUT2D eigenvalue weighted by Crippen LogP contribution is -2.30. The van der Waals surface area contributed by atoms with E-state index in [1.165, 1.54) is 22.5 Å². The van der Waals surface area contributed by atoms with Gasteiger partial charge in [0.2, 0.25) is 0 Å².